The number of hydrogen-bond donors (Lipinski definition) is 0. The van der Waals surface area contributed by atoms with E-state index in [1.807, 2.05) is 0 Å². The van der Waals surface area contributed by atoms with Crippen LogP contribution in [0.2, 0.25) is 0 Å². The monoisotopic (exact) mass is 304 g/mol. The Morgan fingerprint density at radius 3 is 2.91 bits per heavy atom. The fraction of sp³-hybridized carbons (Fsp3) is 0.562. The molecule has 0 unspecified atom stereocenters. The van der Waals surface area contributed by atoms with Gasteiger partial charge < -0.3 is 14.4 Å². The Labute approximate surface area is 129 Å². The standard InChI is InChI=1S/C16H20N2O4/c1-21-16(20)13-3-2-8-18(13)15(19)12-6-7-17-14(9-12)22-10-11-4-5-11/h6-7,9,11,13H,2-5,8,10H2,1H3/t13-/m0/s1. The summed E-state index contributed by atoms with van der Waals surface area (Å²) in [6.07, 6.45) is 5.43. The molecule has 1 aromatic heterocycles. The fourth-order valence-corrected chi connectivity index (χ4v) is 2.67. The Balaban J connectivity index is 1.70. The number of carbonyl (C=O) groups is 2. The van der Waals surface area contributed by atoms with Crippen molar-refractivity contribution in [1.82, 2.24) is 9.88 Å². The summed E-state index contributed by atoms with van der Waals surface area (Å²) in [5.41, 5.74) is 0.497. The van der Waals surface area contributed by atoms with Gasteiger partial charge in [0.1, 0.15) is 6.04 Å². The molecule has 0 aromatic carbocycles. The lowest BCUT2D eigenvalue weighted by Gasteiger charge is -2.22. The smallest absolute Gasteiger partial charge is 0.328 e. The molecule has 1 aliphatic carbocycles. The van der Waals surface area contributed by atoms with Gasteiger partial charge in [-0.05, 0) is 37.7 Å². The SMILES string of the molecule is COC(=O)[C@@H]1CCCN1C(=O)c1ccnc(OCC2CC2)c1. The highest BCUT2D eigenvalue weighted by Gasteiger charge is 2.35. The average molecular weight is 304 g/mol. The minimum absolute atomic E-state index is 0.174. The van der Waals surface area contributed by atoms with Gasteiger partial charge in [0.05, 0.1) is 13.7 Å². The first-order chi connectivity index (χ1) is 10.7. The Bertz CT molecular complexity index is 571. The van der Waals surface area contributed by atoms with Crippen LogP contribution in [0.3, 0.4) is 0 Å². The molecule has 0 bridgehead atoms. The molecule has 3 rings (SSSR count). The number of amides is 1. The minimum atomic E-state index is -0.485. The number of pyridine rings is 1. The summed E-state index contributed by atoms with van der Waals surface area (Å²) in [6.45, 7) is 1.22. The highest BCUT2D eigenvalue weighted by atomic mass is 16.5. The van der Waals surface area contributed by atoms with Crippen molar-refractivity contribution in [3.8, 4) is 5.88 Å². The highest BCUT2D eigenvalue weighted by molar-refractivity contribution is 5.97. The van der Waals surface area contributed by atoms with Crippen molar-refractivity contribution in [2.45, 2.75) is 31.7 Å². The van der Waals surface area contributed by atoms with E-state index in [1.165, 1.54) is 20.0 Å². The molecule has 2 heterocycles. The maximum absolute atomic E-state index is 12.6. The third kappa shape index (κ3) is 3.21. The number of rotatable bonds is 5. The first-order valence-corrected chi connectivity index (χ1v) is 7.66. The number of ether oxygens (including phenoxy) is 2. The van der Waals surface area contributed by atoms with Gasteiger partial charge in [-0.2, -0.15) is 0 Å². The number of esters is 1. The van der Waals surface area contributed by atoms with Gasteiger partial charge in [0, 0.05) is 24.4 Å². The summed E-state index contributed by atoms with van der Waals surface area (Å²) in [7, 11) is 1.35. The van der Waals surface area contributed by atoms with Crippen molar-refractivity contribution in [2.24, 2.45) is 5.92 Å². The van der Waals surface area contributed by atoms with Gasteiger partial charge in [0.25, 0.3) is 5.91 Å². The van der Waals surface area contributed by atoms with Crippen LogP contribution in [0.4, 0.5) is 0 Å². The van der Waals surface area contributed by atoms with Gasteiger partial charge in [-0.1, -0.05) is 0 Å². The number of carbonyl (C=O) groups excluding carboxylic acids is 2. The number of hydrogen-bond acceptors (Lipinski definition) is 5. The molecular formula is C16H20N2O4. The van der Waals surface area contributed by atoms with Crippen LogP contribution in [0.1, 0.15) is 36.0 Å². The van der Waals surface area contributed by atoms with E-state index in [0.29, 0.717) is 36.9 Å². The maximum atomic E-state index is 12.6. The Morgan fingerprint density at radius 2 is 2.18 bits per heavy atom. The lowest BCUT2D eigenvalue weighted by atomic mass is 10.2. The maximum Gasteiger partial charge on any atom is 0.328 e. The summed E-state index contributed by atoms with van der Waals surface area (Å²) in [5, 5.41) is 0. The lowest BCUT2D eigenvalue weighted by Crippen LogP contribution is -2.41. The molecule has 0 radical (unpaired) electrons. The molecule has 1 saturated carbocycles. The van der Waals surface area contributed by atoms with E-state index in [4.69, 9.17) is 9.47 Å². The number of nitrogens with zero attached hydrogens (tertiary/aromatic N) is 2. The van der Waals surface area contributed by atoms with E-state index in [9.17, 15) is 9.59 Å². The van der Waals surface area contributed by atoms with Crippen LogP contribution in [0.15, 0.2) is 18.3 Å². The molecule has 6 nitrogen and oxygen atoms in total. The molecule has 1 aliphatic heterocycles. The molecule has 6 heteroatoms. The molecule has 1 atom stereocenters. The Hall–Kier alpha value is -2.11. The van der Waals surface area contributed by atoms with Gasteiger partial charge in [-0.25, -0.2) is 9.78 Å². The first kappa shape index (κ1) is 14.8. The van der Waals surface area contributed by atoms with Gasteiger partial charge in [0.15, 0.2) is 0 Å². The van der Waals surface area contributed by atoms with E-state index >= 15 is 0 Å². The van der Waals surface area contributed by atoms with Crippen LogP contribution in [0.25, 0.3) is 0 Å². The zero-order chi connectivity index (χ0) is 15.5. The predicted molar refractivity (Wildman–Crippen MR) is 78.5 cm³/mol. The highest BCUT2D eigenvalue weighted by Crippen LogP contribution is 2.29. The average Bonchev–Trinajstić information content (AvgIpc) is 3.26. The van der Waals surface area contributed by atoms with E-state index in [-0.39, 0.29) is 11.9 Å². The quantitative estimate of drug-likeness (QED) is 0.774. The third-order valence-corrected chi connectivity index (χ3v) is 4.13. The topological polar surface area (TPSA) is 68.7 Å². The van der Waals surface area contributed by atoms with Crippen LogP contribution in [-0.4, -0.2) is 48.1 Å². The predicted octanol–water partition coefficient (Wildman–Crippen LogP) is 1.65. The summed E-state index contributed by atoms with van der Waals surface area (Å²) >= 11 is 0. The molecule has 2 aliphatic rings. The zero-order valence-corrected chi connectivity index (χ0v) is 12.7. The van der Waals surface area contributed by atoms with Crippen LogP contribution < -0.4 is 4.74 Å². The molecular weight excluding hydrogens is 284 g/mol. The van der Waals surface area contributed by atoms with Gasteiger partial charge in [0.2, 0.25) is 5.88 Å². The van der Waals surface area contributed by atoms with E-state index in [2.05, 4.69) is 4.98 Å². The Morgan fingerprint density at radius 1 is 1.36 bits per heavy atom. The van der Waals surface area contributed by atoms with Crippen molar-refractivity contribution in [3.63, 3.8) is 0 Å². The van der Waals surface area contributed by atoms with Gasteiger partial charge in [-0.15, -0.1) is 0 Å². The fourth-order valence-electron chi connectivity index (χ4n) is 2.67. The first-order valence-electron chi connectivity index (χ1n) is 7.66. The molecule has 22 heavy (non-hydrogen) atoms. The molecule has 0 N–H and O–H groups in total. The second-order valence-corrected chi connectivity index (χ2v) is 5.82. The van der Waals surface area contributed by atoms with Crippen LogP contribution >= 0.6 is 0 Å². The van der Waals surface area contributed by atoms with Crippen molar-refractivity contribution in [3.05, 3.63) is 23.9 Å². The third-order valence-electron chi connectivity index (χ3n) is 4.13. The van der Waals surface area contributed by atoms with Crippen molar-refractivity contribution in [1.29, 1.82) is 0 Å². The molecule has 1 aromatic rings. The van der Waals surface area contributed by atoms with E-state index in [1.54, 1.807) is 23.2 Å². The molecule has 1 saturated heterocycles. The number of likely N-dealkylation sites (tertiary alicyclic amines) is 1. The minimum Gasteiger partial charge on any atom is -0.477 e. The molecule has 1 amide bonds. The van der Waals surface area contributed by atoms with E-state index in [0.717, 1.165) is 6.42 Å². The summed E-state index contributed by atoms with van der Waals surface area (Å²) < 4.78 is 10.4. The lowest BCUT2D eigenvalue weighted by molar-refractivity contribution is -0.145. The normalized spacial score (nSPS) is 20.8. The largest absolute Gasteiger partial charge is 0.477 e. The van der Waals surface area contributed by atoms with Gasteiger partial charge >= 0.3 is 5.97 Å². The number of methoxy groups -OCH3 is 1. The molecule has 2 fully saturated rings. The summed E-state index contributed by atoms with van der Waals surface area (Å²) in [5.74, 6) is 0.562. The Kier molecular flexibility index (Phi) is 4.27. The van der Waals surface area contributed by atoms with Crippen molar-refractivity contribution in [2.75, 3.05) is 20.3 Å². The van der Waals surface area contributed by atoms with Crippen LogP contribution in [0.5, 0.6) is 5.88 Å². The van der Waals surface area contributed by atoms with Crippen LogP contribution in [0, 0.1) is 5.92 Å². The second kappa shape index (κ2) is 6.34. The zero-order valence-electron chi connectivity index (χ0n) is 12.7. The van der Waals surface area contributed by atoms with Gasteiger partial charge in [-0.3, -0.25) is 4.79 Å². The molecule has 118 valence electrons. The van der Waals surface area contributed by atoms with E-state index < -0.39 is 6.04 Å². The van der Waals surface area contributed by atoms with Crippen molar-refractivity contribution < 1.29 is 19.1 Å². The summed E-state index contributed by atoms with van der Waals surface area (Å²) in [6, 6.07) is 2.82. The van der Waals surface area contributed by atoms with Crippen molar-refractivity contribution >= 4 is 11.9 Å². The second-order valence-electron chi connectivity index (χ2n) is 5.82. The molecule has 0 spiro atoms. The number of aromatic nitrogens is 1. The van der Waals surface area contributed by atoms with Crippen LogP contribution in [-0.2, 0) is 9.53 Å². The summed E-state index contributed by atoms with van der Waals surface area (Å²) in [4.78, 5) is 30.1.